The molecule has 0 unspecified atom stereocenters. The molecule has 4 amide bonds. The van der Waals surface area contributed by atoms with Gasteiger partial charge in [-0.25, -0.2) is 20.4 Å². The van der Waals surface area contributed by atoms with Gasteiger partial charge < -0.3 is 42.1 Å². The standard InChI is InChI=1S/C32H36N6O8/c1-11(2)19-15-7-13(5)21(27(41)23(15)17(25(39)29(19)43)9-35-37-31(33)45)22-14(6)8-16-20(12(3)4)30(44)26(40)18(24(16)28(22)42)10-36-38-32(34)46/h7-12,39-44H,1-6H3,(H3,33,37,45)(H3,34,38,46)/b35-9+,36-10+. The highest BCUT2D eigenvalue weighted by atomic mass is 16.3. The highest BCUT2D eigenvalue weighted by Crippen LogP contribution is 2.54. The predicted octanol–water partition coefficient (Wildman–Crippen LogP) is 4.76. The summed E-state index contributed by atoms with van der Waals surface area (Å²) in [5.41, 5.74) is 15.8. The van der Waals surface area contributed by atoms with Crippen LogP contribution in [0.5, 0.6) is 34.5 Å². The van der Waals surface area contributed by atoms with E-state index in [1.807, 2.05) is 10.9 Å². The van der Waals surface area contributed by atoms with Crippen molar-refractivity contribution in [2.24, 2.45) is 21.7 Å². The van der Waals surface area contributed by atoms with Gasteiger partial charge in [-0.3, -0.25) is 0 Å². The van der Waals surface area contributed by atoms with Crippen LogP contribution in [-0.4, -0.2) is 55.1 Å². The molecule has 0 radical (unpaired) electrons. The molecule has 0 heterocycles. The number of fused-ring (bicyclic) bond motifs is 2. The first-order valence-electron chi connectivity index (χ1n) is 14.2. The number of urea groups is 2. The second-order valence-electron chi connectivity index (χ2n) is 11.5. The third-order valence-electron chi connectivity index (χ3n) is 7.73. The number of carbonyl (C=O) groups excluding carboxylic acids is 2. The molecule has 4 aromatic carbocycles. The number of nitrogens with one attached hydrogen (secondary N) is 2. The normalized spacial score (nSPS) is 11.9. The topological polar surface area (TPSA) is 256 Å². The molecule has 0 saturated heterocycles. The molecule has 242 valence electrons. The minimum atomic E-state index is -0.985. The number of hydrogen-bond acceptors (Lipinski definition) is 10. The van der Waals surface area contributed by atoms with E-state index in [0.29, 0.717) is 33.0 Å². The van der Waals surface area contributed by atoms with E-state index in [9.17, 15) is 40.2 Å². The number of carbonyl (C=O) groups is 2. The van der Waals surface area contributed by atoms with Crippen molar-refractivity contribution in [3.05, 3.63) is 45.5 Å². The fourth-order valence-electron chi connectivity index (χ4n) is 5.94. The van der Waals surface area contributed by atoms with Crippen LogP contribution in [0.25, 0.3) is 32.7 Å². The molecule has 0 aromatic heterocycles. The highest BCUT2D eigenvalue weighted by Gasteiger charge is 2.29. The van der Waals surface area contributed by atoms with Crippen molar-refractivity contribution in [3.8, 4) is 45.6 Å². The van der Waals surface area contributed by atoms with E-state index in [-0.39, 0.29) is 44.9 Å². The Morgan fingerprint density at radius 3 is 1.24 bits per heavy atom. The number of nitrogens with two attached hydrogens (primary N) is 2. The van der Waals surface area contributed by atoms with Crippen LogP contribution in [0, 0.1) is 13.8 Å². The first kappa shape index (κ1) is 33.0. The van der Waals surface area contributed by atoms with Crippen LogP contribution in [0.15, 0.2) is 22.3 Å². The predicted molar refractivity (Wildman–Crippen MR) is 175 cm³/mol. The SMILES string of the molecule is Cc1cc2c(C(C)C)c(O)c(O)c(/C=N/NC(N)=O)c2c(O)c1-c1c(C)cc2c(C(C)C)c(O)c(O)c(/C=N/NC(N)=O)c2c1O. The van der Waals surface area contributed by atoms with Crippen LogP contribution in [0.3, 0.4) is 0 Å². The van der Waals surface area contributed by atoms with Crippen LogP contribution in [0.2, 0.25) is 0 Å². The number of benzene rings is 4. The first-order valence-corrected chi connectivity index (χ1v) is 14.2. The summed E-state index contributed by atoms with van der Waals surface area (Å²) in [6.07, 6.45) is 2.04. The Labute approximate surface area is 263 Å². The number of phenolic OH excluding ortho intramolecular Hbond substituents is 6. The number of phenols is 6. The summed E-state index contributed by atoms with van der Waals surface area (Å²) in [4.78, 5) is 22.5. The van der Waals surface area contributed by atoms with E-state index in [0.717, 1.165) is 12.4 Å². The number of primary amides is 2. The molecule has 0 aliphatic rings. The Hall–Kier alpha value is -5.92. The lowest BCUT2D eigenvalue weighted by atomic mass is 9.83. The van der Waals surface area contributed by atoms with E-state index in [1.165, 1.54) is 0 Å². The van der Waals surface area contributed by atoms with E-state index >= 15 is 0 Å². The van der Waals surface area contributed by atoms with Crippen molar-refractivity contribution in [1.29, 1.82) is 0 Å². The third kappa shape index (κ3) is 5.44. The van der Waals surface area contributed by atoms with Crippen molar-refractivity contribution >= 4 is 46.0 Å². The summed E-state index contributed by atoms with van der Waals surface area (Å²) >= 11 is 0. The smallest absolute Gasteiger partial charge is 0.332 e. The number of hydrazone groups is 2. The molecule has 12 N–H and O–H groups in total. The van der Waals surface area contributed by atoms with Crippen molar-refractivity contribution in [2.45, 2.75) is 53.4 Å². The maximum absolute atomic E-state index is 12.0. The van der Waals surface area contributed by atoms with Gasteiger partial charge in [0.25, 0.3) is 0 Å². The molecule has 4 aromatic rings. The number of nitrogens with zero attached hydrogens (tertiary/aromatic N) is 2. The van der Waals surface area contributed by atoms with Gasteiger partial charge in [-0.2, -0.15) is 10.2 Å². The average Bonchev–Trinajstić information content (AvgIpc) is 2.94. The van der Waals surface area contributed by atoms with Crippen LogP contribution >= 0.6 is 0 Å². The lowest BCUT2D eigenvalue weighted by Crippen LogP contribution is -2.24. The number of aryl methyl sites for hydroxylation is 2. The first-order chi connectivity index (χ1) is 21.5. The molecular formula is C32H36N6O8. The van der Waals surface area contributed by atoms with Crippen LogP contribution in [0.1, 0.15) is 72.9 Å². The van der Waals surface area contributed by atoms with Gasteiger partial charge in [-0.05, 0) is 47.6 Å². The molecule has 14 nitrogen and oxygen atoms in total. The Bertz CT molecular complexity index is 1860. The van der Waals surface area contributed by atoms with E-state index in [1.54, 1.807) is 53.7 Å². The summed E-state index contributed by atoms with van der Waals surface area (Å²) in [6.45, 7) is 10.5. The Balaban J connectivity index is 2.23. The molecule has 0 atom stereocenters. The largest absolute Gasteiger partial charge is 0.507 e. The Kier molecular flexibility index (Phi) is 8.77. The molecule has 0 fully saturated rings. The summed E-state index contributed by atoms with van der Waals surface area (Å²) in [5, 5.41) is 76.2. The quantitative estimate of drug-likeness (QED) is 0.0769. The summed E-state index contributed by atoms with van der Waals surface area (Å²) in [5.74, 6) is -3.54. The minimum Gasteiger partial charge on any atom is -0.507 e. The van der Waals surface area contributed by atoms with Gasteiger partial charge >= 0.3 is 12.1 Å². The molecule has 0 aliphatic heterocycles. The van der Waals surface area contributed by atoms with Gasteiger partial charge in [0, 0.05) is 33.0 Å². The zero-order chi connectivity index (χ0) is 34.4. The molecule has 46 heavy (non-hydrogen) atoms. The number of aromatic hydroxyl groups is 6. The lowest BCUT2D eigenvalue weighted by molar-refractivity contribution is 0.248. The number of hydrogen-bond donors (Lipinski definition) is 10. The lowest BCUT2D eigenvalue weighted by Gasteiger charge is -2.23. The van der Waals surface area contributed by atoms with Crippen LogP contribution in [0.4, 0.5) is 9.59 Å². The molecule has 0 bridgehead atoms. The molecule has 0 saturated carbocycles. The maximum atomic E-state index is 12.0. The minimum absolute atomic E-state index is 0.0531. The van der Waals surface area contributed by atoms with Gasteiger partial charge in [-0.1, -0.05) is 39.8 Å². The highest BCUT2D eigenvalue weighted by molar-refractivity contribution is 6.15. The molecule has 0 aliphatic carbocycles. The van der Waals surface area contributed by atoms with Gasteiger partial charge in [0.15, 0.2) is 23.0 Å². The van der Waals surface area contributed by atoms with E-state index in [2.05, 4.69) is 10.2 Å². The maximum Gasteiger partial charge on any atom is 0.332 e. The Morgan fingerprint density at radius 2 is 0.957 bits per heavy atom. The van der Waals surface area contributed by atoms with E-state index < -0.39 is 46.6 Å². The van der Waals surface area contributed by atoms with Gasteiger partial charge in [0.1, 0.15) is 11.5 Å². The molecule has 4 rings (SSSR count). The van der Waals surface area contributed by atoms with E-state index in [4.69, 9.17) is 11.5 Å². The fourth-order valence-corrected chi connectivity index (χ4v) is 5.94. The second-order valence-corrected chi connectivity index (χ2v) is 11.5. The van der Waals surface area contributed by atoms with Crippen molar-refractivity contribution < 1.29 is 40.2 Å². The van der Waals surface area contributed by atoms with Crippen LogP contribution in [-0.2, 0) is 0 Å². The molecular weight excluding hydrogens is 596 g/mol. The number of amides is 4. The average molecular weight is 633 g/mol. The van der Waals surface area contributed by atoms with Crippen molar-refractivity contribution in [1.82, 2.24) is 10.9 Å². The fraction of sp³-hybridized carbons (Fsp3) is 0.250. The summed E-state index contributed by atoms with van der Waals surface area (Å²) in [6, 6.07) is 1.38. The Morgan fingerprint density at radius 1 is 0.630 bits per heavy atom. The van der Waals surface area contributed by atoms with Crippen molar-refractivity contribution in [3.63, 3.8) is 0 Å². The number of rotatable bonds is 7. The van der Waals surface area contributed by atoms with Crippen LogP contribution < -0.4 is 22.3 Å². The van der Waals surface area contributed by atoms with Gasteiger partial charge in [0.2, 0.25) is 0 Å². The second kappa shape index (κ2) is 12.2. The summed E-state index contributed by atoms with van der Waals surface area (Å²) in [7, 11) is 0. The third-order valence-corrected chi connectivity index (χ3v) is 7.73. The molecule has 0 spiro atoms. The van der Waals surface area contributed by atoms with Gasteiger partial charge in [0.05, 0.1) is 23.6 Å². The zero-order valence-electron chi connectivity index (χ0n) is 26.0. The van der Waals surface area contributed by atoms with Gasteiger partial charge in [-0.15, -0.1) is 0 Å². The monoisotopic (exact) mass is 632 g/mol. The van der Waals surface area contributed by atoms with Crippen molar-refractivity contribution in [2.75, 3.05) is 0 Å². The summed E-state index contributed by atoms with van der Waals surface area (Å²) < 4.78 is 0. The molecule has 14 heteroatoms. The zero-order valence-corrected chi connectivity index (χ0v) is 26.0.